The van der Waals surface area contributed by atoms with Crippen LogP contribution in [0.25, 0.3) is 0 Å². The van der Waals surface area contributed by atoms with Gasteiger partial charge in [0, 0.05) is 58.4 Å². The van der Waals surface area contributed by atoms with E-state index in [0.29, 0.717) is 5.57 Å². The van der Waals surface area contributed by atoms with Gasteiger partial charge in [-0.3, -0.25) is 14.6 Å². The fourth-order valence-corrected chi connectivity index (χ4v) is 4.90. The van der Waals surface area contributed by atoms with Crippen LogP contribution >= 0.6 is 0 Å². The van der Waals surface area contributed by atoms with Crippen molar-refractivity contribution in [2.75, 3.05) is 54.0 Å². The number of allylic oxidation sites excluding steroid dienone is 1. The summed E-state index contributed by atoms with van der Waals surface area (Å²) in [6.45, 7) is 5.58. The Labute approximate surface area is 183 Å². The van der Waals surface area contributed by atoms with Crippen LogP contribution in [0.5, 0.6) is 5.75 Å². The molecule has 1 aromatic carbocycles. The molecule has 2 aliphatic heterocycles. The minimum atomic E-state index is -0.338. The average Bonchev–Trinajstić information content (AvgIpc) is 3.21. The number of fused-ring (bicyclic) bond motifs is 1. The van der Waals surface area contributed by atoms with Crippen molar-refractivity contribution >= 4 is 11.9 Å². The molecule has 1 aliphatic carbocycles. The fourth-order valence-electron chi connectivity index (χ4n) is 4.90. The zero-order valence-electron chi connectivity index (χ0n) is 18.5. The molecular weight excluding hydrogens is 394 g/mol. The van der Waals surface area contributed by atoms with Gasteiger partial charge in [-0.2, -0.15) is 0 Å². The number of ether oxygens (including phenoxy) is 2. The molecule has 0 radical (unpaired) electrons. The standard InChI is InChI=1S/C24H31N3O4/c1-25-16-21(24(29)31-3)20-8-7-18(22(20)23(25)28)15-27-11-9-26(10-12-27)14-17-5-4-6-19(13-17)30-2/h4-7,13,16,20,22H,8-12,14-15H2,1-3H3/t20-,22-/m1/s1. The minimum absolute atomic E-state index is 0.0677. The first-order valence-corrected chi connectivity index (χ1v) is 10.8. The molecule has 1 saturated heterocycles. The van der Waals surface area contributed by atoms with Crippen molar-refractivity contribution in [2.24, 2.45) is 11.8 Å². The molecule has 0 aromatic heterocycles. The maximum absolute atomic E-state index is 12.9. The summed E-state index contributed by atoms with van der Waals surface area (Å²) in [7, 11) is 4.80. The molecule has 1 aromatic rings. The molecule has 0 unspecified atom stereocenters. The SMILES string of the molecule is COC(=O)C1=CN(C)C(=O)[C@@H]2C(CN3CCN(Cc4cccc(OC)c4)CC3)=CC[C@H]12. The Morgan fingerprint density at radius 3 is 2.48 bits per heavy atom. The third-order valence-electron chi connectivity index (χ3n) is 6.61. The highest BCUT2D eigenvalue weighted by Gasteiger charge is 2.44. The van der Waals surface area contributed by atoms with Gasteiger partial charge in [0.05, 0.1) is 25.7 Å². The smallest absolute Gasteiger partial charge is 0.335 e. The molecule has 0 spiro atoms. The van der Waals surface area contributed by atoms with E-state index in [1.54, 1.807) is 25.3 Å². The minimum Gasteiger partial charge on any atom is -0.497 e. The molecular formula is C24H31N3O4. The third kappa shape index (κ3) is 4.52. The molecule has 31 heavy (non-hydrogen) atoms. The second-order valence-corrected chi connectivity index (χ2v) is 8.53. The van der Waals surface area contributed by atoms with E-state index in [0.717, 1.165) is 57.0 Å². The fraction of sp³-hybridized carbons (Fsp3) is 0.500. The second kappa shape index (κ2) is 9.24. The largest absolute Gasteiger partial charge is 0.497 e. The summed E-state index contributed by atoms with van der Waals surface area (Å²) in [4.78, 5) is 31.5. The topological polar surface area (TPSA) is 62.3 Å². The highest BCUT2D eigenvalue weighted by molar-refractivity contribution is 5.95. The monoisotopic (exact) mass is 425 g/mol. The van der Waals surface area contributed by atoms with Crippen LogP contribution in [0.3, 0.4) is 0 Å². The van der Waals surface area contributed by atoms with Crippen LogP contribution in [0.4, 0.5) is 0 Å². The maximum atomic E-state index is 12.9. The van der Waals surface area contributed by atoms with E-state index < -0.39 is 0 Å². The Hall–Kier alpha value is -2.64. The molecule has 166 valence electrons. The number of carbonyl (C=O) groups is 2. The highest BCUT2D eigenvalue weighted by atomic mass is 16.5. The Bertz CT molecular complexity index is 902. The number of methoxy groups -OCH3 is 2. The Balaban J connectivity index is 1.34. The van der Waals surface area contributed by atoms with Crippen LogP contribution in [0, 0.1) is 11.8 Å². The van der Waals surface area contributed by atoms with Gasteiger partial charge in [0.25, 0.3) is 0 Å². The van der Waals surface area contributed by atoms with Gasteiger partial charge >= 0.3 is 5.97 Å². The predicted octanol–water partition coefficient (Wildman–Crippen LogP) is 1.90. The van der Waals surface area contributed by atoms with Crippen molar-refractivity contribution in [1.82, 2.24) is 14.7 Å². The highest BCUT2D eigenvalue weighted by Crippen LogP contribution is 2.41. The van der Waals surface area contributed by atoms with Crippen molar-refractivity contribution in [3.63, 3.8) is 0 Å². The first kappa shape index (κ1) is 21.6. The zero-order chi connectivity index (χ0) is 22.0. The number of benzene rings is 1. The van der Waals surface area contributed by atoms with Crippen LogP contribution in [-0.2, 0) is 20.9 Å². The van der Waals surface area contributed by atoms with Crippen LogP contribution in [0.1, 0.15) is 12.0 Å². The van der Waals surface area contributed by atoms with Crippen molar-refractivity contribution in [3.8, 4) is 5.75 Å². The number of amides is 1. The number of nitrogens with zero attached hydrogens (tertiary/aromatic N) is 3. The van der Waals surface area contributed by atoms with Gasteiger partial charge in [-0.15, -0.1) is 0 Å². The van der Waals surface area contributed by atoms with Crippen molar-refractivity contribution in [2.45, 2.75) is 13.0 Å². The summed E-state index contributed by atoms with van der Waals surface area (Å²) < 4.78 is 10.3. The van der Waals surface area contributed by atoms with E-state index in [4.69, 9.17) is 9.47 Å². The zero-order valence-corrected chi connectivity index (χ0v) is 18.5. The van der Waals surface area contributed by atoms with E-state index in [1.165, 1.54) is 12.7 Å². The molecule has 4 rings (SSSR count). The van der Waals surface area contributed by atoms with Gasteiger partial charge in [0.2, 0.25) is 5.91 Å². The number of carbonyl (C=O) groups excluding carboxylic acids is 2. The first-order valence-electron chi connectivity index (χ1n) is 10.8. The molecule has 0 N–H and O–H groups in total. The van der Waals surface area contributed by atoms with Gasteiger partial charge in [-0.25, -0.2) is 4.79 Å². The lowest BCUT2D eigenvalue weighted by Crippen LogP contribution is -2.47. The van der Waals surface area contributed by atoms with Crippen LogP contribution < -0.4 is 4.74 Å². The predicted molar refractivity (Wildman–Crippen MR) is 117 cm³/mol. The van der Waals surface area contributed by atoms with Gasteiger partial charge in [0.1, 0.15) is 5.75 Å². The van der Waals surface area contributed by atoms with Crippen LogP contribution in [-0.4, -0.2) is 80.6 Å². The summed E-state index contributed by atoms with van der Waals surface area (Å²) >= 11 is 0. The van der Waals surface area contributed by atoms with Gasteiger partial charge in [0.15, 0.2) is 0 Å². The van der Waals surface area contributed by atoms with E-state index in [-0.39, 0.29) is 23.7 Å². The normalized spacial score (nSPS) is 24.5. The average molecular weight is 426 g/mol. The summed E-state index contributed by atoms with van der Waals surface area (Å²) in [5.74, 6) is 0.272. The number of hydrogen-bond donors (Lipinski definition) is 0. The molecule has 7 heteroatoms. The summed E-state index contributed by atoms with van der Waals surface area (Å²) in [5.41, 5.74) is 2.99. The van der Waals surface area contributed by atoms with Crippen molar-refractivity contribution < 1.29 is 19.1 Å². The molecule has 7 nitrogen and oxygen atoms in total. The summed E-state index contributed by atoms with van der Waals surface area (Å²) in [6.07, 6.45) is 4.52. The summed E-state index contributed by atoms with van der Waals surface area (Å²) in [5, 5.41) is 0. The molecule has 2 heterocycles. The van der Waals surface area contributed by atoms with E-state index in [9.17, 15) is 9.59 Å². The third-order valence-corrected chi connectivity index (χ3v) is 6.61. The molecule has 0 saturated carbocycles. The summed E-state index contributed by atoms with van der Waals surface area (Å²) in [6, 6.07) is 8.22. The first-order chi connectivity index (χ1) is 15.0. The lowest BCUT2D eigenvalue weighted by atomic mass is 9.82. The van der Waals surface area contributed by atoms with Gasteiger partial charge in [-0.1, -0.05) is 18.2 Å². The molecule has 1 amide bonds. The maximum Gasteiger partial charge on any atom is 0.335 e. The molecule has 3 aliphatic rings. The van der Waals surface area contributed by atoms with Gasteiger partial charge < -0.3 is 14.4 Å². The molecule has 1 fully saturated rings. The van der Waals surface area contributed by atoms with E-state index in [1.807, 2.05) is 12.1 Å². The number of piperazine rings is 1. The quantitative estimate of drug-likeness (QED) is 0.513. The number of hydrogen-bond acceptors (Lipinski definition) is 6. The van der Waals surface area contributed by atoms with Crippen molar-refractivity contribution in [3.05, 3.63) is 53.3 Å². The Morgan fingerprint density at radius 2 is 1.81 bits per heavy atom. The van der Waals surface area contributed by atoms with E-state index >= 15 is 0 Å². The van der Waals surface area contributed by atoms with Crippen LogP contribution in [0.2, 0.25) is 0 Å². The number of esters is 1. The lowest BCUT2D eigenvalue weighted by Gasteiger charge is -2.37. The molecule has 2 atom stereocenters. The van der Waals surface area contributed by atoms with Crippen molar-refractivity contribution in [1.29, 1.82) is 0 Å². The lowest BCUT2D eigenvalue weighted by molar-refractivity contribution is -0.138. The number of rotatable bonds is 6. The van der Waals surface area contributed by atoms with Gasteiger partial charge in [-0.05, 0) is 29.7 Å². The Kier molecular flexibility index (Phi) is 6.43. The van der Waals surface area contributed by atoms with Crippen LogP contribution in [0.15, 0.2) is 47.7 Å². The molecule has 0 bridgehead atoms. The second-order valence-electron chi connectivity index (χ2n) is 8.53. The van der Waals surface area contributed by atoms with E-state index in [2.05, 4.69) is 28.0 Å². The Morgan fingerprint density at radius 1 is 1.10 bits per heavy atom.